The summed E-state index contributed by atoms with van der Waals surface area (Å²) in [7, 11) is 0. The number of nitrogens with zero attached hydrogens (tertiary/aromatic N) is 6. The van der Waals surface area contributed by atoms with E-state index in [1.807, 2.05) is 0 Å². The normalized spacial score (nSPS) is 11.1. The zero-order valence-electron chi connectivity index (χ0n) is 33.6. The van der Waals surface area contributed by atoms with Crippen molar-refractivity contribution in [3.8, 4) is 68.5 Å². The molecule has 3 heterocycles. The molecule has 0 saturated carbocycles. The Balaban J connectivity index is 1.20. The highest BCUT2D eigenvalue weighted by Crippen LogP contribution is 2.34. The van der Waals surface area contributed by atoms with Crippen molar-refractivity contribution in [1.82, 2.24) is 30.4 Å². The van der Waals surface area contributed by atoms with E-state index in [1.54, 1.807) is 91.0 Å². The second kappa shape index (κ2) is 22.1. The highest BCUT2D eigenvalue weighted by atomic mass is 35.5. The van der Waals surface area contributed by atoms with Gasteiger partial charge in [0.15, 0.2) is 0 Å². The van der Waals surface area contributed by atoms with Gasteiger partial charge in [0.2, 0.25) is 17.5 Å². The summed E-state index contributed by atoms with van der Waals surface area (Å²) >= 11 is 17.2. The van der Waals surface area contributed by atoms with E-state index in [0.717, 1.165) is 19.3 Å². The van der Waals surface area contributed by atoms with Crippen LogP contribution in [0.3, 0.4) is 0 Å². The van der Waals surface area contributed by atoms with Crippen molar-refractivity contribution in [2.45, 2.75) is 38.5 Å². The van der Waals surface area contributed by atoms with E-state index in [4.69, 9.17) is 62.6 Å². The SMILES string of the molecule is O=C(OCCCCCl)c1cccc(-c2noc(-c3cc(-c4nc(-c5cccc(C(=O)OCCCCCl)c5)no4)cc(-c4nc(-c5cccc(C(=O)OCCCCCl)c5)no4)c3)n2)c1. The molecule has 7 rings (SSSR count). The van der Waals surface area contributed by atoms with Crippen LogP contribution in [0, 0.1) is 0 Å². The Hall–Kier alpha value is -6.42. The summed E-state index contributed by atoms with van der Waals surface area (Å²) in [6.07, 6.45) is 4.15. The molecule has 7 aromatic rings. The standard InChI is InChI=1S/C45H39Cl3N6O9/c46-16-1-4-19-58-43(55)31-13-7-10-28(22-31)37-49-40(61-52-37)34-25-35(41-50-38(53-62-41)29-11-8-14-32(23-29)44(56)59-20-5-2-17-47)27-36(26-34)42-51-39(54-63-42)30-12-9-15-33(24-30)45(57)60-21-6-3-18-48/h7-15,22-27H,1-6,16-21H2. The number of carbonyl (C=O) groups excluding carboxylic acids is 3. The van der Waals surface area contributed by atoms with Gasteiger partial charge in [0, 0.05) is 51.0 Å². The maximum Gasteiger partial charge on any atom is 0.338 e. The third kappa shape index (κ3) is 11.7. The molecule has 0 saturated heterocycles. The molecule has 18 heteroatoms. The molecule has 0 bridgehead atoms. The summed E-state index contributed by atoms with van der Waals surface area (Å²) in [4.78, 5) is 52.2. The molecule has 0 aliphatic carbocycles. The van der Waals surface area contributed by atoms with Crippen LogP contribution in [0.15, 0.2) is 105 Å². The Morgan fingerprint density at radius 3 is 1.00 bits per heavy atom. The molecule has 0 atom stereocenters. The van der Waals surface area contributed by atoms with Gasteiger partial charge in [-0.1, -0.05) is 51.9 Å². The highest BCUT2D eigenvalue weighted by Gasteiger charge is 2.22. The number of benzene rings is 4. The van der Waals surface area contributed by atoms with Crippen LogP contribution in [0.2, 0.25) is 0 Å². The summed E-state index contributed by atoms with van der Waals surface area (Å²) in [5, 5.41) is 12.6. The van der Waals surface area contributed by atoms with E-state index in [1.165, 1.54) is 0 Å². The highest BCUT2D eigenvalue weighted by molar-refractivity contribution is 6.18. The van der Waals surface area contributed by atoms with Gasteiger partial charge in [-0.15, -0.1) is 34.8 Å². The van der Waals surface area contributed by atoms with E-state index in [2.05, 4.69) is 30.4 Å². The molecule has 0 fully saturated rings. The van der Waals surface area contributed by atoms with E-state index in [-0.39, 0.29) is 55.0 Å². The Bertz CT molecular complexity index is 2370. The first-order valence-corrected chi connectivity index (χ1v) is 21.6. The van der Waals surface area contributed by atoms with Crippen LogP contribution in [-0.2, 0) is 14.2 Å². The maximum absolute atomic E-state index is 12.7. The van der Waals surface area contributed by atoms with Gasteiger partial charge in [-0.05, 0) is 93.1 Å². The van der Waals surface area contributed by atoms with Crippen LogP contribution in [-0.4, -0.2) is 85.8 Å². The van der Waals surface area contributed by atoms with Gasteiger partial charge in [0.25, 0.3) is 17.7 Å². The third-order valence-corrected chi connectivity index (χ3v) is 10.1. The minimum absolute atomic E-state index is 0.108. The number of unbranched alkanes of at least 4 members (excludes halogenated alkanes) is 3. The number of halogens is 3. The molecule has 0 N–H and O–H groups in total. The second-order valence-electron chi connectivity index (χ2n) is 13.9. The molecule has 3 aromatic heterocycles. The first kappa shape index (κ1) is 44.6. The van der Waals surface area contributed by atoms with Crippen molar-refractivity contribution in [2.75, 3.05) is 37.5 Å². The van der Waals surface area contributed by atoms with Gasteiger partial charge in [0.05, 0.1) is 36.5 Å². The van der Waals surface area contributed by atoms with Crippen LogP contribution in [0.4, 0.5) is 0 Å². The van der Waals surface area contributed by atoms with Crippen LogP contribution in [0.25, 0.3) is 68.5 Å². The Morgan fingerprint density at radius 1 is 0.413 bits per heavy atom. The molecule has 0 aliphatic rings. The first-order chi connectivity index (χ1) is 30.8. The van der Waals surface area contributed by atoms with Crippen molar-refractivity contribution in [3.05, 3.63) is 108 Å². The summed E-state index contributed by atoms with van der Waals surface area (Å²) in [6, 6.07) is 25.2. The van der Waals surface area contributed by atoms with Crippen LogP contribution in [0.1, 0.15) is 69.6 Å². The van der Waals surface area contributed by atoms with Crippen LogP contribution >= 0.6 is 34.8 Å². The number of hydrogen-bond acceptors (Lipinski definition) is 15. The van der Waals surface area contributed by atoms with Crippen LogP contribution < -0.4 is 0 Å². The van der Waals surface area contributed by atoms with Crippen molar-refractivity contribution >= 4 is 52.7 Å². The molecular weight excluding hydrogens is 875 g/mol. The fourth-order valence-electron chi connectivity index (χ4n) is 6.06. The first-order valence-electron chi connectivity index (χ1n) is 20.0. The zero-order chi connectivity index (χ0) is 44.0. The number of alkyl halides is 3. The average molecular weight is 914 g/mol. The Labute approximate surface area is 376 Å². The summed E-state index contributed by atoms with van der Waals surface area (Å²) in [6.45, 7) is 0.743. The number of aromatic nitrogens is 6. The zero-order valence-corrected chi connectivity index (χ0v) is 35.9. The van der Waals surface area contributed by atoms with Gasteiger partial charge >= 0.3 is 17.9 Å². The largest absolute Gasteiger partial charge is 0.462 e. The number of esters is 3. The molecule has 0 aliphatic heterocycles. The fraction of sp³-hybridized carbons (Fsp3) is 0.267. The molecule has 0 amide bonds. The Morgan fingerprint density at radius 2 is 0.714 bits per heavy atom. The molecule has 15 nitrogen and oxygen atoms in total. The minimum atomic E-state index is -0.486. The Kier molecular flexibility index (Phi) is 15.6. The molecular formula is C45H39Cl3N6O9. The molecule has 0 spiro atoms. The quantitative estimate of drug-likeness (QED) is 0.0285. The minimum Gasteiger partial charge on any atom is -0.462 e. The predicted octanol–water partition coefficient (Wildman–Crippen LogP) is 10.4. The van der Waals surface area contributed by atoms with E-state index >= 15 is 0 Å². The molecule has 0 unspecified atom stereocenters. The molecule has 63 heavy (non-hydrogen) atoms. The van der Waals surface area contributed by atoms with Crippen molar-refractivity contribution in [2.24, 2.45) is 0 Å². The van der Waals surface area contributed by atoms with Crippen molar-refractivity contribution in [1.29, 1.82) is 0 Å². The number of ether oxygens (including phenoxy) is 3. The second-order valence-corrected chi connectivity index (χ2v) is 15.0. The van der Waals surface area contributed by atoms with Gasteiger partial charge in [0.1, 0.15) is 0 Å². The summed E-state index contributed by atoms with van der Waals surface area (Å²) < 4.78 is 33.4. The topological polar surface area (TPSA) is 196 Å². The number of rotatable bonds is 21. The van der Waals surface area contributed by atoms with E-state index < -0.39 is 17.9 Å². The van der Waals surface area contributed by atoms with Gasteiger partial charge < -0.3 is 27.8 Å². The third-order valence-electron chi connectivity index (χ3n) is 9.30. The smallest absolute Gasteiger partial charge is 0.338 e. The molecule has 324 valence electrons. The lowest BCUT2D eigenvalue weighted by molar-refractivity contribution is 0.0490. The average Bonchev–Trinajstić information content (AvgIpc) is 4.14. The lowest BCUT2D eigenvalue weighted by Gasteiger charge is -2.05. The molecule has 0 radical (unpaired) electrons. The molecule has 4 aromatic carbocycles. The van der Waals surface area contributed by atoms with E-state index in [0.29, 0.717) is 87.0 Å². The maximum atomic E-state index is 12.7. The van der Waals surface area contributed by atoms with Crippen molar-refractivity contribution in [3.63, 3.8) is 0 Å². The fourth-order valence-corrected chi connectivity index (χ4v) is 6.63. The number of carbonyl (C=O) groups is 3. The lowest BCUT2D eigenvalue weighted by atomic mass is 10.0. The summed E-state index contributed by atoms with van der Waals surface area (Å²) in [5.41, 5.74) is 3.79. The van der Waals surface area contributed by atoms with Crippen LogP contribution in [0.5, 0.6) is 0 Å². The van der Waals surface area contributed by atoms with E-state index in [9.17, 15) is 14.4 Å². The monoisotopic (exact) mass is 912 g/mol. The summed E-state index contributed by atoms with van der Waals surface area (Å²) in [5.74, 6) is 0.953. The van der Waals surface area contributed by atoms with Gasteiger partial charge in [-0.3, -0.25) is 0 Å². The van der Waals surface area contributed by atoms with Gasteiger partial charge in [-0.25, -0.2) is 14.4 Å². The predicted molar refractivity (Wildman–Crippen MR) is 233 cm³/mol. The number of hydrogen-bond donors (Lipinski definition) is 0. The lowest BCUT2D eigenvalue weighted by Crippen LogP contribution is -2.06. The van der Waals surface area contributed by atoms with Crippen molar-refractivity contribution < 1.29 is 42.2 Å². The van der Waals surface area contributed by atoms with Gasteiger partial charge in [-0.2, -0.15) is 15.0 Å².